The Hall–Kier alpha value is -2.52. The number of anilines is 2. The van der Waals surface area contributed by atoms with Gasteiger partial charge in [-0.3, -0.25) is 4.79 Å². The molecule has 2 aromatic rings. The number of methoxy groups -OCH3 is 1. The maximum atomic E-state index is 12.6. The highest BCUT2D eigenvalue weighted by atomic mass is 32.1. The van der Waals surface area contributed by atoms with Gasteiger partial charge in [-0.05, 0) is 30.7 Å². The van der Waals surface area contributed by atoms with Gasteiger partial charge in [0.05, 0.1) is 12.8 Å². The molecule has 3 N–H and O–H groups in total. The second-order valence-corrected chi connectivity index (χ2v) is 5.67. The zero-order valence-electron chi connectivity index (χ0n) is 12.5. The normalized spacial score (nSPS) is 10.0. The fraction of sp³-hybridized carbons (Fsp3) is 0.250. The van der Waals surface area contributed by atoms with Crippen LogP contribution in [0.5, 0.6) is 5.75 Å². The van der Waals surface area contributed by atoms with Gasteiger partial charge in [0.15, 0.2) is 0 Å². The molecule has 0 saturated carbocycles. The smallest absolute Gasteiger partial charge is 0.205 e. The zero-order valence-corrected chi connectivity index (χ0v) is 13.3. The van der Waals surface area contributed by atoms with Gasteiger partial charge in [0, 0.05) is 12.1 Å². The van der Waals surface area contributed by atoms with E-state index in [-0.39, 0.29) is 11.5 Å². The van der Waals surface area contributed by atoms with Crippen molar-refractivity contribution in [2.24, 2.45) is 0 Å². The van der Waals surface area contributed by atoms with Crippen LogP contribution in [0.2, 0.25) is 0 Å². The van der Waals surface area contributed by atoms with E-state index in [1.165, 1.54) is 11.3 Å². The van der Waals surface area contributed by atoms with E-state index in [1.807, 2.05) is 6.92 Å². The van der Waals surface area contributed by atoms with Crippen molar-refractivity contribution < 1.29 is 9.53 Å². The summed E-state index contributed by atoms with van der Waals surface area (Å²) in [5.74, 6) is 0.491. The number of ether oxygens (including phenoxy) is 1. The molecule has 0 spiro atoms. The summed E-state index contributed by atoms with van der Waals surface area (Å²) < 4.78 is 5.08. The van der Waals surface area contributed by atoms with Gasteiger partial charge < -0.3 is 15.8 Å². The number of benzene rings is 1. The van der Waals surface area contributed by atoms with E-state index in [4.69, 9.17) is 10.5 Å². The van der Waals surface area contributed by atoms with E-state index in [2.05, 4.69) is 11.4 Å². The van der Waals surface area contributed by atoms with Crippen molar-refractivity contribution in [1.29, 1.82) is 5.26 Å². The van der Waals surface area contributed by atoms with Gasteiger partial charge in [0.2, 0.25) is 5.78 Å². The molecule has 0 atom stereocenters. The number of hydrogen-bond donors (Lipinski definition) is 2. The molecule has 0 radical (unpaired) electrons. The molecule has 0 bridgehead atoms. The van der Waals surface area contributed by atoms with Crippen molar-refractivity contribution in [2.45, 2.75) is 13.3 Å². The van der Waals surface area contributed by atoms with Crippen molar-refractivity contribution in [3.05, 3.63) is 40.3 Å². The van der Waals surface area contributed by atoms with Gasteiger partial charge in [-0.15, -0.1) is 11.3 Å². The molecular formula is C16H17N3O2S. The number of carbonyl (C=O) groups excluding carboxylic acids is 1. The number of thiophene rings is 1. The third-order valence-corrected chi connectivity index (χ3v) is 4.31. The van der Waals surface area contributed by atoms with Crippen LogP contribution in [0, 0.1) is 11.3 Å². The van der Waals surface area contributed by atoms with Crippen LogP contribution in [0.15, 0.2) is 24.3 Å². The fourth-order valence-corrected chi connectivity index (χ4v) is 3.02. The van der Waals surface area contributed by atoms with Crippen molar-refractivity contribution >= 4 is 27.8 Å². The van der Waals surface area contributed by atoms with Crippen molar-refractivity contribution in [1.82, 2.24) is 0 Å². The predicted molar refractivity (Wildman–Crippen MR) is 88.7 cm³/mol. The molecule has 0 aliphatic heterocycles. The van der Waals surface area contributed by atoms with Crippen molar-refractivity contribution in [2.75, 3.05) is 24.7 Å². The SMILES string of the molecule is CCCNc1sc(C(=O)c2ccc(OC)cc2)c(N)c1C#N. The second-order valence-electron chi connectivity index (χ2n) is 4.65. The summed E-state index contributed by atoms with van der Waals surface area (Å²) >= 11 is 1.22. The van der Waals surface area contributed by atoms with Gasteiger partial charge in [0.25, 0.3) is 0 Å². The molecule has 0 unspecified atom stereocenters. The molecule has 1 aromatic heterocycles. The molecule has 114 valence electrons. The lowest BCUT2D eigenvalue weighted by Gasteiger charge is -2.02. The standard InChI is InChI=1S/C16H17N3O2S/c1-3-8-19-16-12(9-17)13(18)15(22-16)14(20)10-4-6-11(21-2)7-5-10/h4-7,19H,3,8,18H2,1-2H3. The molecule has 0 aliphatic carbocycles. The molecule has 0 amide bonds. The zero-order chi connectivity index (χ0) is 16.1. The Labute approximate surface area is 133 Å². The maximum Gasteiger partial charge on any atom is 0.205 e. The number of ketones is 1. The van der Waals surface area contributed by atoms with Crippen molar-refractivity contribution in [3.8, 4) is 11.8 Å². The van der Waals surface area contributed by atoms with Gasteiger partial charge in [-0.2, -0.15) is 5.26 Å². The van der Waals surface area contributed by atoms with Gasteiger partial charge in [-0.1, -0.05) is 6.92 Å². The molecule has 0 saturated heterocycles. The lowest BCUT2D eigenvalue weighted by Crippen LogP contribution is -2.02. The molecule has 2 rings (SSSR count). The average Bonchev–Trinajstić information content (AvgIpc) is 2.88. The lowest BCUT2D eigenvalue weighted by molar-refractivity contribution is 0.104. The van der Waals surface area contributed by atoms with E-state index in [0.29, 0.717) is 26.8 Å². The van der Waals surface area contributed by atoms with Crippen LogP contribution in [-0.4, -0.2) is 19.4 Å². The summed E-state index contributed by atoms with van der Waals surface area (Å²) in [5, 5.41) is 13.0. The minimum atomic E-state index is -0.189. The monoisotopic (exact) mass is 315 g/mol. The first-order chi connectivity index (χ1) is 10.6. The third kappa shape index (κ3) is 3.05. The quantitative estimate of drug-likeness (QED) is 0.799. The Kier molecular flexibility index (Phi) is 5.02. The highest BCUT2D eigenvalue weighted by Crippen LogP contribution is 2.36. The number of nitriles is 1. The Bertz CT molecular complexity index is 714. The molecule has 22 heavy (non-hydrogen) atoms. The van der Waals surface area contributed by atoms with Crippen LogP contribution in [-0.2, 0) is 0 Å². The van der Waals surface area contributed by atoms with Crippen LogP contribution in [0.4, 0.5) is 10.7 Å². The molecular weight excluding hydrogens is 298 g/mol. The van der Waals surface area contributed by atoms with Crippen LogP contribution in [0.3, 0.4) is 0 Å². The highest BCUT2D eigenvalue weighted by molar-refractivity contribution is 7.19. The van der Waals surface area contributed by atoms with Crippen LogP contribution in [0.1, 0.15) is 34.1 Å². The average molecular weight is 315 g/mol. The lowest BCUT2D eigenvalue weighted by atomic mass is 10.1. The number of hydrogen-bond acceptors (Lipinski definition) is 6. The van der Waals surface area contributed by atoms with Crippen LogP contribution >= 0.6 is 11.3 Å². The van der Waals surface area contributed by atoms with E-state index >= 15 is 0 Å². The first-order valence-electron chi connectivity index (χ1n) is 6.87. The first-order valence-corrected chi connectivity index (χ1v) is 7.69. The number of carbonyl (C=O) groups is 1. The fourth-order valence-electron chi connectivity index (χ4n) is 1.96. The molecule has 1 heterocycles. The minimum absolute atomic E-state index is 0.189. The van der Waals surface area contributed by atoms with Crippen molar-refractivity contribution in [3.63, 3.8) is 0 Å². The van der Waals surface area contributed by atoms with Gasteiger partial charge in [0.1, 0.15) is 27.3 Å². The van der Waals surface area contributed by atoms with E-state index in [1.54, 1.807) is 31.4 Å². The Morgan fingerprint density at radius 3 is 2.64 bits per heavy atom. The number of nitrogens with two attached hydrogens (primary N) is 1. The summed E-state index contributed by atoms with van der Waals surface area (Å²) in [6.45, 7) is 2.75. The summed E-state index contributed by atoms with van der Waals surface area (Å²) in [7, 11) is 1.57. The topological polar surface area (TPSA) is 88.1 Å². The van der Waals surface area contributed by atoms with Gasteiger partial charge >= 0.3 is 0 Å². The van der Waals surface area contributed by atoms with E-state index < -0.39 is 0 Å². The predicted octanol–water partition coefficient (Wildman–Crippen LogP) is 3.26. The number of nitrogen functional groups attached to an aromatic ring is 1. The molecule has 5 nitrogen and oxygen atoms in total. The maximum absolute atomic E-state index is 12.6. The highest BCUT2D eigenvalue weighted by Gasteiger charge is 2.21. The summed E-state index contributed by atoms with van der Waals surface area (Å²) in [4.78, 5) is 13.0. The van der Waals surface area contributed by atoms with Gasteiger partial charge in [-0.25, -0.2) is 0 Å². The molecule has 0 fully saturated rings. The summed E-state index contributed by atoms with van der Waals surface area (Å²) in [6.07, 6.45) is 0.921. The Morgan fingerprint density at radius 1 is 1.41 bits per heavy atom. The number of nitrogens with one attached hydrogen (secondary N) is 1. The Morgan fingerprint density at radius 2 is 2.09 bits per heavy atom. The third-order valence-electron chi connectivity index (χ3n) is 3.15. The molecule has 6 heteroatoms. The largest absolute Gasteiger partial charge is 0.497 e. The van der Waals surface area contributed by atoms with Crippen LogP contribution in [0.25, 0.3) is 0 Å². The minimum Gasteiger partial charge on any atom is -0.497 e. The summed E-state index contributed by atoms with van der Waals surface area (Å²) in [6, 6.07) is 8.88. The number of rotatable bonds is 6. The molecule has 0 aliphatic rings. The molecule has 1 aromatic carbocycles. The second kappa shape index (κ2) is 6.96. The van der Waals surface area contributed by atoms with E-state index in [9.17, 15) is 10.1 Å². The first kappa shape index (κ1) is 15.9. The number of nitrogens with zero attached hydrogens (tertiary/aromatic N) is 1. The summed E-state index contributed by atoms with van der Waals surface area (Å²) in [5.41, 5.74) is 7.08. The Balaban J connectivity index is 2.36. The van der Waals surface area contributed by atoms with E-state index in [0.717, 1.165) is 13.0 Å². The van der Waals surface area contributed by atoms with Crippen LogP contribution < -0.4 is 15.8 Å².